The van der Waals surface area contributed by atoms with Crippen LogP contribution in [0.5, 0.6) is 0 Å². The lowest BCUT2D eigenvalue weighted by Gasteiger charge is -2.14. The molecule has 152 valence electrons. The molecule has 0 unspecified atom stereocenters. The van der Waals surface area contributed by atoms with Gasteiger partial charge < -0.3 is 9.47 Å². The number of hydrogen-bond donors (Lipinski definition) is 0. The molecule has 5 nitrogen and oxygen atoms in total. The zero-order chi connectivity index (χ0) is 21.3. The van der Waals surface area contributed by atoms with Crippen LogP contribution in [0, 0.1) is 0 Å². The van der Waals surface area contributed by atoms with Crippen molar-refractivity contribution in [3.05, 3.63) is 84.1 Å². The summed E-state index contributed by atoms with van der Waals surface area (Å²) in [6, 6.07) is 21.2. The summed E-state index contributed by atoms with van der Waals surface area (Å²) in [5, 5.41) is 0. The number of benzene rings is 2. The molecule has 1 aromatic heterocycles. The number of aromatic nitrogens is 1. The highest BCUT2D eigenvalue weighted by Crippen LogP contribution is 2.31. The zero-order valence-electron chi connectivity index (χ0n) is 17.0. The molecule has 0 atom stereocenters. The number of esters is 2. The van der Waals surface area contributed by atoms with E-state index in [0.717, 1.165) is 16.7 Å². The Morgan fingerprint density at radius 3 is 2.07 bits per heavy atom. The number of nitrogens with zero attached hydrogens (tertiary/aromatic N) is 1. The van der Waals surface area contributed by atoms with Crippen LogP contribution in [0.4, 0.5) is 0 Å². The van der Waals surface area contributed by atoms with Gasteiger partial charge in [0, 0.05) is 17.2 Å². The first-order valence-corrected chi connectivity index (χ1v) is 9.81. The monoisotopic (exact) mass is 401 g/mol. The average Bonchev–Trinajstić information content (AvgIpc) is 2.78. The number of carbonyl (C=O) groups excluding carboxylic acids is 2. The number of ether oxygens (including phenoxy) is 2. The molecule has 1 heterocycles. The fourth-order valence-corrected chi connectivity index (χ4v) is 3.03. The summed E-state index contributed by atoms with van der Waals surface area (Å²) in [5.74, 6) is -1.03. The van der Waals surface area contributed by atoms with Crippen LogP contribution in [0.15, 0.2) is 72.8 Å². The Morgan fingerprint density at radius 1 is 0.867 bits per heavy atom. The smallest absolute Gasteiger partial charge is 0.357 e. The van der Waals surface area contributed by atoms with E-state index < -0.39 is 11.9 Å². The highest BCUT2D eigenvalue weighted by Gasteiger charge is 2.20. The van der Waals surface area contributed by atoms with Gasteiger partial charge >= 0.3 is 11.9 Å². The van der Waals surface area contributed by atoms with Crippen molar-refractivity contribution < 1.29 is 19.1 Å². The van der Waals surface area contributed by atoms with Gasteiger partial charge in [-0.25, -0.2) is 14.6 Å². The molecule has 0 radical (unpaired) electrons. The Hall–Kier alpha value is -3.73. The van der Waals surface area contributed by atoms with Crippen LogP contribution in [0.25, 0.3) is 28.5 Å². The van der Waals surface area contributed by atoms with Crippen molar-refractivity contribution >= 4 is 18.0 Å². The number of hydrogen-bond acceptors (Lipinski definition) is 5. The lowest BCUT2D eigenvalue weighted by molar-refractivity contribution is -0.137. The number of carbonyl (C=O) groups is 2. The minimum atomic E-state index is -0.545. The minimum Gasteiger partial charge on any atom is -0.463 e. The normalized spacial score (nSPS) is 10.7. The lowest BCUT2D eigenvalue weighted by Crippen LogP contribution is -2.11. The largest absolute Gasteiger partial charge is 0.463 e. The molecule has 0 bridgehead atoms. The van der Waals surface area contributed by atoms with Crippen LogP contribution in [-0.2, 0) is 14.3 Å². The van der Waals surface area contributed by atoms with E-state index in [9.17, 15) is 9.59 Å². The second-order valence-electron chi connectivity index (χ2n) is 6.36. The van der Waals surface area contributed by atoms with E-state index in [1.807, 2.05) is 66.7 Å². The van der Waals surface area contributed by atoms with E-state index in [-0.39, 0.29) is 18.9 Å². The lowest BCUT2D eigenvalue weighted by atomic mass is 9.95. The second kappa shape index (κ2) is 10.2. The molecule has 2 aromatic carbocycles. The highest BCUT2D eigenvalue weighted by molar-refractivity contribution is 5.99. The van der Waals surface area contributed by atoms with Gasteiger partial charge in [-0.1, -0.05) is 60.7 Å². The maximum atomic E-state index is 12.8. The van der Waals surface area contributed by atoms with E-state index in [0.29, 0.717) is 11.3 Å². The van der Waals surface area contributed by atoms with Crippen molar-refractivity contribution in [1.29, 1.82) is 0 Å². The third-order valence-electron chi connectivity index (χ3n) is 4.35. The van der Waals surface area contributed by atoms with Gasteiger partial charge in [-0.05, 0) is 37.1 Å². The van der Waals surface area contributed by atoms with Crippen LogP contribution in [0.1, 0.15) is 29.9 Å². The van der Waals surface area contributed by atoms with Crippen LogP contribution in [0.3, 0.4) is 0 Å². The molecule has 3 rings (SSSR count). The fourth-order valence-electron chi connectivity index (χ4n) is 3.03. The molecule has 5 heteroatoms. The summed E-state index contributed by atoms with van der Waals surface area (Å²) in [7, 11) is 0. The van der Waals surface area contributed by atoms with Crippen molar-refractivity contribution in [3.63, 3.8) is 0 Å². The predicted octanol–water partition coefficient (Wildman–Crippen LogP) is 5.17. The quantitative estimate of drug-likeness (QED) is 0.404. The van der Waals surface area contributed by atoms with Gasteiger partial charge in [-0.2, -0.15) is 0 Å². The highest BCUT2D eigenvalue weighted by atomic mass is 16.5. The molecule has 3 aromatic rings. The molecule has 0 spiro atoms. The first kappa shape index (κ1) is 21.0. The Balaban J connectivity index is 2.25. The Morgan fingerprint density at radius 2 is 1.47 bits per heavy atom. The van der Waals surface area contributed by atoms with E-state index in [2.05, 4.69) is 4.98 Å². The molecule has 0 N–H and O–H groups in total. The molecule has 0 saturated heterocycles. The third kappa shape index (κ3) is 5.00. The summed E-state index contributed by atoms with van der Waals surface area (Å²) < 4.78 is 10.2. The molecular weight excluding hydrogens is 378 g/mol. The maximum absolute atomic E-state index is 12.8. The molecule has 0 aliphatic rings. The Labute approximate surface area is 176 Å². The summed E-state index contributed by atoms with van der Waals surface area (Å²) in [6.07, 6.45) is 2.87. The van der Waals surface area contributed by atoms with Gasteiger partial charge in [0.05, 0.1) is 18.9 Å². The molecule has 0 saturated carbocycles. The summed E-state index contributed by atoms with van der Waals surface area (Å²) in [5.41, 5.74) is 3.84. The first-order valence-electron chi connectivity index (χ1n) is 9.81. The van der Waals surface area contributed by atoms with E-state index in [1.54, 1.807) is 19.9 Å². The van der Waals surface area contributed by atoms with E-state index in [4.69, 9.17) is 9.47 Å². The predicted molar refractivity (Wildman–Crippen MR) is 117 cm³/mol. The van der Waals surface area contributed by atoms with Gasteiger partial charge in [0.2, 0.25) is 0 Å². The first-order chi connectivity index (χ1) is 14.6. The second-order valence-corrected chi connectivity index (χ2v) is 6.36. The van der Waals surface area contributed by atoms with Crippen molar-refractivity contribution in [2.75, 3.05) is 13.2 Å². The van der Waals surface area contributed by atoms with Gasteiger partial charge in [0.15, 0.2) is 5.69 Å². The summed E-state index contributed by atoms with van der Waals surface area (Å²) >= 11 is 0. The Kier molecular flexibility index (Phi) is 7.11. The van der Waals surface area contributed by atoms with Crippen LogP contribution >= 0.6 is 0 Å². The van der Waals surface area contributed by atoms with Crippen LogP contribution in [0.2, 0.25) is 0 Å². The van der Waals surface area contributed by atoms with E-state index in [1.165, 1.54) is 6.08 Å². The van der Waals surface area contributed by atoms with E-state index >= 15 is 0 Å². The van der Waals surface area contributed by atoms with Gasteiger partial charge in [0.25, 0.3) is 0 Å². The van der Waals surface area contributed by atoms with Gasteiger partial charge in [0.1, 0.15) is 0 Å². The van der Waals surface area contributed by atoms with Crippen molar-refractivity contribution in [2.24, 2.45) is 0 Å². The standard InChI is InChI=1S/C25H23NO4/c1-3-29-23(27)16-15-20-21(18-11-7-5-8-12-18)17-22(19-13-9-6-10-14-19)26-24(20)25(28)30-4-2/h5-17H,3-4H2,1-2H3/b16-15+. The SMILES string of the molecule is CCOC(=O)/C=C/c1c(-c2ccccc2)cc(-c2ccccc2)nc1C(=O)OCC. The van der Waals surface area contributed by atoms with Crippen LogP contribution in [-0.4, -0.2) is 30.1 Å². The molecule has 0 aliphatic carbocycles. The van der Waals surface area contributed by atoms with Gasteiger partial charge in [-0.15, -0.1) is 0 Å². The molecule has 30 heavy (non-hydrogen) atoms. The van der Waals surface area contributed by atoms with Crippen LogP contribution < -0.4 is 0 Å². The summed E-state index contributed by atoms with van der Waals surface area (Å²) in [6.45, 7) is 3.97. The third-order valence-corrected chi connectivity index (χ3v) is 4.35. The summed E-state index contributed by atoms with van der Waals surface area (Å²) in [4.78, 5) is 29.3. The zero-order valence-corrected chi connectivity index (χ0v) is 17.0. The minimum absolute atomic E-state index is 0.151. The maximum Gasteiger partial charge on any atom is 0.357 e. The molecule has 0 amide bonds. The average molecular weight is 401 g/mol. The molecular formula is C25H23NO4. The fraction of sp³-hybridized carbons (Fsp3) is 0.160. The Bertz CT molecular complexity index is 1040. The van der Waals surface area contributed by atoms with Crippen molar-refractivity contribution in [1.82, 2.24) is 4.98 Å². The van der Waals surface area contributed by atoms with Gasteiger partial charge in [-0.3, -0.25) is 0 Å². The topological polar surface area (TPSA) is 65.5 Å². The van der Waals surface area contributed by atoms with Crippen molar-refractivity contribution in [2.45, 2.75) is 13.8 Å². The number of rotatable bonds is 7. The molecule has 0 fully saturated rings. The molecule has 0 aliphatic heterocycles. The number of pyridine rings is 1. The van der Waals surface area contributed by atoms with Crippen molar-refractivity contribution in [3.8, 4) is 22.4 Å².